The molecule has 2 aliphatic carbocycles. The lowest BCUT2D eigenvalue weighted by atomic mass is 9.88. The Labute approximate surface area is 71.9 Å². The molecule has 0 aromatic rings. The van der Waals surface area contributed by atoms with Gasteiger partial charge in [-0.15, -0.1) is 0 Å². The molecule has 0 spiro atoms. The lowest BCUT2D eigenvalue weighted by molar-refractivity contribution is 0.222. The van der Waals surface area contributed by atoms with Gasteiger partial charge in [0.05, 0.1) is 0 Å². The van der Waals surface area contributed by atoms with Crippen molar-refractivity contribution in [3.63, 3.8) is 0 Å². The van der Waals surface area contributed by atoms with Crippen LogP contribution in [0, 0.1) is 0 Å². The number of carbonyl (C=O) groups is 1. The van der Waals surface area contributed by atoms with Gasteiger partial charge in [-0.2, -0.15) is 0 Å². The van der Waals surface area contributed by atoms with E-state index in [0.29, 0.717) is 18.1 Å². The highest BCUT2D eigenvalue weighted by atomic mass is 16.2. The Morgan fingerprint density at radius 2 is 1.75 bits per heavy atom. The fourth-order valence-corrected chi connectivity index (χ4v) is 1.42. The second-order valence-corrected chi connectivity index (χ2v) is 3.82. The lowest BCUT2D eigenvalue weighted by Gasteiger charge is -2.32. The van der Waals surface area contributed by atoms with Crippen molar-refractivity contribution in [2.24, 2.45) is 5.73 Å². The van der Waals surface area contributed by atoms with Gasteiger partial charge in [-0.1, -0.05) is 0 Å². The van der Waals surface area contributed by atoms with Crippen molar-refractivity contribution in [2.45, 2.75) is 43.8 Å². The van der Waals surface area contributed by atoms with E-state index < -0.39 is 0 Å². The third-order valence-electron chi connectivity index (χ3n) is 2.42. The fraction of sp³-hybridized carbons (Fsp3) is 0.875. The molecule has 2 saturated carbocycles. The molecule has 2 fully saturated rings. The van der Waals surface area contributed by atoms with Gasteiger partial charge in [0.2, 0.25) is 0 Å². The van der Waals surface area contributed by atoms with Crippen molar-refractivity contribution in [3.8, 4) is 0 Å². The van der Waals surface area contributed by atoms with Crippen LogP contribution in [0.4, 0.5) is 4.79 Å². The van der Waals surface area contributed by atoms with E-state index in [1.165, 1.54) is 0 Å². The predicted molar refractivity (Wildman–Crippen MR) is 45.7 cm³/mol. The first kappa shape index (κ1) is 7.86. The van der Waals surface area contributed by atoms with Crippen molar-refractivity contribution < 1.29 is 4.79 Å². The second kappa shape index (κ2) is 2.94. The average Bonchev–Trinajstić information content (AvgIpc) is 2.68. The molecule has 4 N–H and O–H groups in total. The standard InChI is InChI=1S/C8H15N3O/c9-5-3-7(4-5)11-8(12)10-6-1-2-6/h5-7H,1-4,9H2,(H2,10,11,12). The van der Waals surface area contributed by atoms with Crippen LogP contribution < -0.4 is 16.4 Å². The lowest BCUT2D eigenvalue weighted by Crippen LogP contribution is -2.53. The summed E-state index contributed by atoms with van der Waals surface area (Å²) in [6.45, 7) is 0. The number of carbonyl (C=O) groups excluding carboxylic acids is 1. The van der Waals surface area contributed by atoms with Crippen LogP contribution in [0.2, 0.25) is 0 Å². The summed E-state index contributed by atoms with van der Waals surface area (Å²) in [5, 5.41) is 5.76. The number of amides is 2. The molecule has 0 aromatic carbocycles. The Morgan fingerprint density at radius 3 is 2.25 bits per heavy atom. The van der Waals surface area contributed by atoms with Gasteiger partial charge in [-0.25, -0.2) is 4.79 Å². The van der Waals surface area contributed by atoms with E-state index >= 15 is 0 Å². The minimum absolute atomic E-state index is 0.0191. The van der Waals surface area contributed by atoms with E-state index in [-0.39, 0.29) is 6.03 Å². The summed E-state index contributed by atoms with van der Waals surface area (Å²) in [7, 11) is 0. The molecule has 68 valence electrons. The van der Waals surface area contributed by atoms with Crippen LogP contribution in [0.25, 0.3) is 0 Å². The molecule has 0 saturated heterocycles. The van der Waals surface area contributed by atoms with Gasteiger partial charge < -0.3 is 16.4 Å². The summed E-state index contributed by atoms with van der Waals surface area (Å²) >= 11 is 0. The summed E-state index contributed by atoms with van der Waals surface area (Å²) in [5.41, 5.74) is 5.59. The molecular weight excluding hydrogens is 154 g/mol. The van der Waals surface area contributed by atoms with Gasteiger partial charge in [0, 0.05) is 18.1 Å². The zero-order valence-corrected chi connectivity index (χ0v) is 7.05. The van der Waals surface area contributed by atoms with E-state index in [1.807, 2.05) is 0 Å². The Hall–Kier alpha value is -0.770. The molecule has 0 heterocycles. The van der Waals surface area contributed by atoms with Gasteiger partial charge in [-0.3, -0.25) is 0 Å². The molecule has 0 bridgehead atoms. The molecule has 0 radical (unpaired) electrons. The number of urea groups is 1. The van der Waals surface area contributed by atoms with E-state index in [1.54, 1.807) is 0 Å². The first-order chi connectivity index (χ1) is 5.74. The summed E-state index contributed by atoms with van der Waals surface area (Å²) in [5.74, 6) is 0. The molecule has 12 heavy (non-hydrogen) atoms. The zero-order chi connectivity index (χ0) is 8.55. The molecule has 0 aliphatic heterocycles. The molecule has 4 nitrogen and oxygen atoms in total. The predicted octanol–water partition coefficient (Wildman–Crippen LogP) is -0.0623. The average molecular weight is 169 g/mol. The van der Waals surface area contributed by atoms with E-state index in [2.05, 4.69) is 10.6 Å². The van der Waals surface area contributed by atoms with Crippen molar-refractivity contribution in [3.05, 3.63) is 0 Å². The van der Waals surface area contributed by atoms with Gasteiger partial charge in [0.15, 0.2) is 0 Å². The molecule has 2 rings (SSSR count). The van der Waals surface area contributed by atoms with Crippen LogP contribution in [0.1, 0.15) is 25.7 Å². The van der Waals surface area contributed by atoms with Crippen molar-refractivity contribution in [2.75, 3.05) is 0 Å². The number of hydrogen-bond donors (Lipinski definition) is 3. The third kappa shape index (κ3) is 1.88. The van der Waals surface area contributed by atoms with Crippen LogP contribution in [0.5, 0.6) is 0 Å². The highest BCUT2D eigenvalue weighted by molar-refractivity contribution is 5.75. The molecule has 2 aliphatic rings. The summed E-state index contributed by atoms with van der Waals surface area (Å²) in [4.78, 5) is 11.1. The number of hydrogen-bond acceptors (Lipinski definition) is 2. The highest BCUT2D eigenvalue weighted by Crippen LogP contribution is 2.19. The summed E-state index contributed by atoms with van der Waals surface area (Å²) in [6, 6.07) is 1.04. The largest absolute Gasteiger partial charge is 0.335 e. The van der Waals surface area contributed by atoms with Crippen LogP contribution in [-0.4, -0.2) is 24.2 Å². The van der Waals surface area contributed by atoms with Crippen molar-refractivity contribution in [1.82, 2.24) is 10.6 Å². The zero-order valence-electron chi connectivity index (χ0n) is 7.05. The maximum Gasteiger partial charge on any atom is 0.315 e. The Morgan fingerprint density at radius 1 is 1.17 bits per heavy atom. The van der Waals surface area contributed by atoms with Gasteiger partial charge in [0.25, 0.3) is 0 Å². The third-order valence-corrected chi connectivity index (χ3v) is 2.42. The van der Waals surface area contributed by atoms with Crippen molar-refractivity contribution in [1.29, 1.82) is 0 Å². The molecule has 0 atom stereocenters. The first-order valence-corrected chi connectivity index (χ1v) is 4.56. The molecule has 0 unspecified atom stereocenters. The maximum absolute atomic E-state index is 11.1. The van der Waals surface area contributed by atoms with Crippen LogP contribution in [-0.2, 0) is 0 Å². The SMILES string of the molecule is NC1CC(NC(=O)NC2CC2)C1. The first-order valence-electron chi connectivity index (χ1n) is 4.56. The highest BCUT2D eigenvalue weighted by Gasteiger charge is 2.29. The fourth-order valence-electron chi connectivity index (χ4n) is 1.42. The number of nitrogens with one attached hydrogen (secondary N) is 2. The summed E-state index contributed by atoms with van der Waals surface area (Å²) in [6.07, 6.45) is 4.13. The minimum atomic E-state index is -0.0191. The molecule has 4 heteroatoms. The maximum atomic E-state index is 11.1. The van der Waals surface area contributed by atoms with Crippen molar-refractivity contribution >= 4 is 6.03 Å². The number of rotatable bonds is 2. The van der Waals surface area contributed by atoms with E-state index in [0.717, 1.165) is 25.7 Å². The Kier molecular flexibility index (Phi) is 1.92. The van der Waals surface area contributed by atoms with Crippen LogP contribution in [0.3, 0.4) is 0 Å². The van der Waals surface area contributed by atoms with Gasteiger partial charge in [-0.05, 0) is 25.7 Å². The topological polar surface area (TPSA) is 67.1 Å². The van der Waals surface area contributed by atoms with Gasteiger partial charge in [0.1, 0.15) is 0 Å². The van der Waals surface area contributed by atoms with E-state index in [4.69, 9.17) is 5.73 Å². The monoisotopic (exact) mass is 169 g/mol. The molecular formula is C8H15N3O. The molecule has 0 aromatic heterocycles. The Balaban J connectivity index is 1.62. The molecule has 2 amide bonds. The second-order valence-electron chi connectivity index (χ2n) is 3.82. The van der Waals surface area contributed by atoms with Crippen LogP contribution in [0.15, 0.2) is 0 Å². The Bertz CT molecular complexity index is 185. The smallest absolute Gasteiger partial charge is 0.315 e. The number of nitrogens with two attached hydrogens (primary N) is 1. The van der Waals surface area contributed by atoms with E-state index in [9.17, 15) is 4.79 Å². The van der Waals surface area contributed by atoms with Gasteiger partial charge >= 0.3 is 6.03 Å². The normalized spacial score (nSPS) is 33.8. The quantitative estimate of drug-likeness (QED) is 0.542. The summed E-state index contributed by atoms with van der Waals surface area (Å²) < 4.78 is 0. The van der Waals surface area contributed by atoms with Crippen LogP contribution >= 0.6 is 0 Å². The minimum Gasteiger partial charge on any atom is -0.335 e.